The molecule has 24 heavy (non-hydrogen) atoms. The van der Waals surface area contributed by atoms with Crippen molar-refractivity contribution in [1.82, 2.24) is 9.97 Å². The number of benzene rings is 1. The Balaban J connectivity index is 1.41. The molecule has 0 atom stereocenters. The van der Waals surface area contributed by atoms with Gasteiger partial charge < -0.3 is 20.5 Å². The van der Waals surface area contributed by atoms with E-state index in [0.29, 0.717) is 31.7 Å². The van der Waals surface area contributed by atoms with Gasteiger partial charge in [-0.3, -0.25) is 0 Å². The number of nitrogens with one attached hydrogen (secondary N) is 1. The second-order valence-electron chi connectivity index (χ2n) is 6.44. The first-order valence-electron chi connectivity index (χ1n) is 8.48. The second-order valence-corrected chi connectivity index (χ2v) is 6.44. The molecule has 1 saturated carbocycles. The average Bonchev–Trinajstić information content (AvgIpc) is 2.82. The maximum atomic E-state index is 5.86. The highest BCUT2D eigenvalue weighted by Gasteiger charge is 2.28. The third-order valence-corrected chi connectivity index (χ3v) is 4.57. The van der Waals surface area contributed by atoms with Crippen molar-refractivity contribution < 1.29 is 9.47 Å². The fraction of sp³-hybridized carbons (Fsp3) is 0.444. The molecule has 1 fully saturated rings. The van der Waals surface area contributed by atoms with Crippen molar-refractivity contribution in [3.8, 4) is 11.5 Å². The predicted octanol–water partition coefficient (Wildman–Crippen LogP) is 2.45. The third kappa shape index (κ3) is 3.28. The van der Waals surface area contributed by atoms with Crippen molar-refractivity contribution in [2.24, 2.45) is 5.73 Å². The van der Waals surface area contributed by atoms with Crippen molar-refractivity contribution >= 4 is 5.82 Å². The Bertz CT molecular complexity index is 716. The molecule has 2 aromatic rings. The lowest BCUT2D eigenvalue weighted by Gasteiger charge is -2.31. The molecule has 6 nitrogen and oxygen atoms in total. The van der Waals surface area contributed by atoms with Crippen molar-refractivity contribution in [2.45, 2.75) is 37.8 Å². The number of aromatic nitrogens is 2. The molecule has 0 bridgehead atoms. The molecule has 0 saturated heterocycles. The van der Waals surface area contributed by atoms with E-state index in [2.05, 4.69) is 15.3 Å². The fourth-order valence-corrected chi connectivity index (χ4v) is 3.11. The van der Waals surface area contributed by atoms with Crippen molar-refractivity contribution in [3.63, 3.8) is 0 Å². The lowest BCUT2D eigenvalue weighted by molar-refractivity contribution is 0.297. The van der Waals surface area contributed by atoms with Crippen LogP contribution in [0, 0.1) is 0 Å². The highest BCUT2D eigenvalue weighted by Crippen LogP contribution is 2.35. The highest BCUT2D eigenvalue weighted by atomic mass is 16.5. The summed E-state index contributed by atoms with van der Waals surface area (Å²) in [7, 11) is 0. The van der Waals surface area contributed by atoms with Crippen LogP contribution in [0.1, 0.15) is 36.4 Å². The van der Waals surface area contributed by atoms with Gasteiger partial charge in [-0.15, -0.1) is 0 Å². The molecule has 6 heteroatoms. The van der Waals surface area contributed by atoms with Crippen LogP contribution in [0.15, 0.2) is 30.6 Å². The van der Waals surface area contributed by atoms with Crippen molar-refractivity contribution in [1.29, 1.82) is 0 Å². The van der Waals surface area contributed by atoms with E-state index in [0.717, 1.165) is 47.8 Å². The van der Waals surface area contributed by atoms with Crippen molar-refractivity contribution in [3.05, 3.63) is 41.9 Å². The molecule has 2 heterocycles. The Labute approximate surface area is 141 Å². The maximum absolute atomic E-state index is 5.86. The minimum atomic E-state index is 0.322. The van der Waals surface area contributed by atoms with E-state index in [-0.39, 0.29) is 0 Å². The fourth-order valence-electron chi connectivity index (χ4n) is 3.11. The van der Waals surface area contributed by atoms with Crippen LogP contribution < -0.4 is 20.5 Å². The van der Waals surface area contributed by atoms with Gasteiger partial charge in [-0.05, 0) is 30.5 Å². The Morgan fingerprint density at radius 1 is 1.08 bits per heavy atom. The predicted molar refractivity (Wildman–Crippen MR) is 91.4 cm³/mol. The van der Waals surface area contributed by atoms with Gasteiger partial charge in [0, 0.05) is 36.7 Å². The zero-order chi connectivity index (χ0) is 16.4. The molecule has 0 radical (unpaired) electrons. The third-order valence-electron chi connectivity index (χ3n) is 4.57. The number of hydrogen-bond acceptors (Lipinski definition) is 6. The van der Waals surface area contributed by atoms with E-state index in [9.17, 15) is 0 Å². The monoisotopic (exact) mass is 326 g/mol. The lowest BCUT2D eigenvalue weighted by Crippen LogP contribution is -2.35. The summed E-state index contributed by atoms with van der Waals surface area (Å²) in [5.74, 6) is 2.95. The normalized spacial score (nSPS) is 22.4. The molecule has 1 aromatic heterocycles. The molecule has 0 spiro atoms. The molecule has 0 unspecified atom stereocenters. The molecule has 3 N–H and O–H groups in total. The average molecular weight is 326 g/mol. The highest BCUT2D eigenvalue weighted by molar-refractivity contribution is 5.45. The van der Waals surface area contributed by atoms with E-state index in [1.165, 1.54) is 0 Å². The topological polar surface area (TPSA) is 82.3 Å². The number of anilines is 1. The van der Waals surface area contributed by atoms with Gasteiger partial charge in [-0.25, -0.2) is 9.97 Å². The molecule has 2 aliphatic rings. The van der Waals surface area contributed by atoms with Crippen LogP contribution in [0.25, 0.3) is 0 Å². The minimum absolute atomic E-state index is 0.322. The number of fused-ring (bicyclic) bond motifs is 1. The van der Waals surface area contributed by atoms with E-state index in [1.54, 1.807) is 6.33 Å². The molecular formula is C18H22N4O2. The second kappa shape index (κ2) is 6.65. The van der Waals surface area contributed by atoms with Gasteiger partial charge in [-0.1, -0.05) is 6.07 Å². The van der Waals surface area contributed by atoms with Crippen LogP contribution in [-0.4, -0.2) is 29.2 Å². The number of ether oxygens (including phenoxy) is 2. The Hall–Kier alpha value is -2.34. The maximum Gasteiger partial charge on any atom is 0.161 e. The van der Waals surface area contributed by atoms with Gasteiger partial charge in [0.1, 0.15) is 12.1 Å². The number of nitrogens with two attached hydrogens (primary N) is 1. The summed E-state index contributed by atoms with van der Waals surface area (Å²) in [4.78, 5) is 8.68. The number of rotatable bonds is 4. The summed E-state index contributed by atoms with van der Waals surface area (Å²) in [6.45, 7) is 2.08. The molecule has 126 valence electrons. The van der Waals surface area contributed by atoms with E-state index < -0.39 is 0 Å². The Kier molecular flexibility index (Phi) is 4.21. The summed E-state index contributed by atoms with van der Waals surface area (Å²) in [5.41, 5.74) is 8.07. The molecule has 1 aliphatic carbocycles. The Morgan fingerprint density at radius 2 is 1.92 bits per heavy atom. The van der Waals surface area contributed by atoms with Gasteiger partial charge in [0.05, 0.1) is 13.2 Å². The first-order chi connectivity index (χ1) is 11.8. The van der Waals surface area contributed by atoms with Crippen LogP contribution >= 0.6 is 0 Å². The SMILES string of the molecule is NC1CC(c2cc(NCc3ccc4c(c3)OCCCO4)ncn2)C1. The molecule has 1 aliphatic heterocycles. The van der Waals surface area contributed by atoms with Crippen LogP contribution in [0.3, 0.4) is 0 Å². The number of nitrogens with zero attached hydrogens (tertiary/aromatic N) is 2. The van der Waals surface area contributed by atoms with Crippen LogP contribution in [-0.2, 0) is 6.54 Å². The zero-order valence-corrected chi connectivity index (χ0v) is 13.6. The largest absolute Gasteiger partial charge is 0.490 e. The summed E-state index contributed by atoms with van der Waals surface area (Å²) in [6.07, 6.45) is 4.56. The van der Waals surface area contributed by atoms with Gasteiger partial charge in [0.25, 0.3) is 0 Å². The van der Waals surface area contributed by atoms with Gasteiger partial charge >= 0.3 is 0 Å². The first kappa shape index (κ1) is 15.2. The summed E-state index contributed by atoms with van der Waals surface area (Å²) >= 11 is 0. The molecule has 0 amide bonds. The summed E-state index contributed by atoms with van der Waals surface area (Å²) in [6, 6.07) is 8.40. The smallest absolute Gasteiger partial charge is 0.161 e. The standard InChI is InChI=1S/C18H22N4O2/c19-14-7-13(8-14)15-9-18(22-11-21-15)20-10-12-2-3-16-17(6-12)24-5-1-4-23-16/h2-3,6,9,11,13-14H,1,4-5,7-8,10,19H2,(H,20,21,22). The van der Waals surface area contributed by atoms with E-state index in [4.69, 9.17) is 15.2 Å². The quantitative estimate of drug-likeness (QED) is 0.898. The van der Waals surface area contributed by atoms with Gasteiger partial charge in [0.2, 0.25) is 0 Å². The van der Waals surface area contributed by atoms with Crippen molar-refractivity contribution in [2.75, 3.05) is 18.5 Å². The van der Waals surface area contributed by atoms with Gasteiger partial charge in [0.15, 0.2) is 11.5 Å². The number of hydrogen-bond donors (Lipinski definition) is 2. The molecule has 4 rings (SSSR count). The van der Waals surface area contributed by atoms with E-state index in [1.807, 2.05) is 24.3 Å². The summed E-state index contributed by atoms with van der Waals surface area (Å²) < 4.78 is 11.4. The Morgan fingerprint density at radius 3 is 2.75 bits per heavy atom. The van der Waals surface area contributed by atoms with Gasteiger partial charge in [-0.2, -0.15) is 0 Å². The molecular weight excluding hydrogens is 304 g/mol. The zero-order valence-electron chi connectivity index (χ0n) is 13.6. The van der Waals surface area contributed by atoms with E-state index >= 15 is 0 Å². The van der Waals surface area contributed by atoms with Crippen LogP contribution in [0.5, 0.6) is 11.5 Å². The van der Waals surface area contributed by atoms with Crippen LogP contribution in [0.4, 0.5) is 5.82 Å². The molecule has 1 aromatic carbocycles. The lowest BCUT2D eigenvalue weighted by atomic mass is 9.79. The first-order valence-corrected chi connectivity index (χ1v) is 8.48. The minimum Gasteiger partial charge on any atom is -0.490 e. The summed E-state index contributed by atoms with van der Waals surface area (Å²) in [5, 5.41) is 3.36. The van der Waals surface area contributed by atoms with Crippen LogP contribution in [0.2, 0.25) is 0 Å².